The lowest BCUT2D eigenvalue weighted by Crippen LogP contribution is -2.53. The first-order valence-corrected chi connectivity index (χ1v) is 13.0. The van der Waals surface area contributed by atoms with Crippen molar-refractivity contribution in [2.24, 2.45) is 0 Å². The van der Waals surface area contributed by atoms with Gasteiger partial charge in [0, 0.05) is 30.5 Å². The van der Waals surface area contributed by atoms with E-state index in [9.17, 15) is 14.4 Å². The average molecular weight is 506 g/mol. The van der Waals surface area contributed by atoms with Crippen LogP contribution in [0.2, 0.25) is 0 Å². The fourth-order valence-electron chi connectivity index (χ4n) is 5.22. The van der Waals surface area contributed by atoms with Crippen molar-refractivity contribution in [1.82, 2.24) is 10.2 Å². The smallest absolute Gasteiger partial charge is 0.259 e. The molecule has 0 saturated heterocycles. The molecule has 5 rings (SSSR count). The van der Waals surface area contributed by atoms with E-state index in [1.807, 2.05) is 98.8 Å². The van der Waals surface area contributed by atoms with Crippen molar-refractivity contribution >= 4 is 34.2 Å². The van der Waals surface area contributed by atoms with E-state index in [4.69, 9.17) is 0 Å². The summed E-state index contributed by atoms with van der Waals surface area (Å²) in [4.78, 5) is 44.1. The van der Waals surface area contributed by atoms with E-state index < -0.39 is 6.04 Å². The van der Waals surface area contributed by atoms with Crippen molar-refractivity contribution in [3.63, 3.8) is 0 Å². The Balaban J connectivity index is 1.51. The van der Waals surface area contributed by atoms with Gasteiger partial charge >= 0.3 is 0 Å². The van der Waals surface area contributed by atoms with Crippen LogP contribution >= 0.6 is 0 Å². The topological polar surface area (TPSA) is 69.7 Å². The maximum Gasteiger partial charge on any atom is 0.259 e. The van der Waals surface area contributed by atoms with Gasteiger partial charge in [-0.1, -0.05) is 84.4 Å². The van der Waals surface area contributed by atoms with Crippen molar-refractivity contribution in [2.45, 2.75) is 32.9 Å². The molecule has 0 spiro atoms. The van der Waals surface area contributed by atoms with E-state index in [1.165, 1.54) is 0 Å². The summed E-state index contributed by atoms with van der Waals surface area (Å²) in [5, 5.41) is 4.74. The minimum Gasteiger partial charge on any atom is -0.355 e. The molecular weight excluding hydrogens is 474 g/mol. The van der Waals surface area contributed by atoms with Gasteiger partial charge in [-0.3, -0.25) is 19.3 Å². The number of hydrogen-bond donors (Lipinski definition) is 1. The van der Waals surface area contributed by atoms with Crippen LogP contribution in [0.15, 0.2) is 91.0 Å². The Bertz CT molecular complexity index is 1490. The molecule has 192 valence electrons. The second kappa shape index (κ2) is 10.9. The highest BCUT2D eigenvalue weighted by molar-refractivity contribution is 6.26. The molecule has 1 heterocycles. The molecule has 1 N–H and O–H groups in total. The fourth-order valence-corrected chi connectivity index (χ4v) is 5.22. The summed E-state index contributed by atoms with van der Waals surface area (Å²) in [5.41, 5.74) is 4.29. The third-order valence-corrected chi connectivity index (χ3v) is 7.00. The van der Waals surface area contributed by atoms with Crippen LogP contribution < -0.4 is 10.2 Å². The quantitative estimate of drug-likeness (QED) is 0.352. The van der Waals surface area contributed by atoms with Gasteiger partial charge in [-0.05, 0) is 42.5 Å². The fraction of sp³-hybridized carbons (Fsp3) is 0.219. The van der Waals surface area contributed by atoms with Gasteiger partial charge in [0.1, 0.15) is 12.6 Å². The molecule has 6 heteroatoms. The first-order chi connectivity index (χ1) is 18.5. The lowest BCUT2D eigenvalue weighted by Gasteiger charge is -2.33. The molecule has 3 amide bonds. The number of anilines is 1. The summed E-state index contributed by atoms with van der Waals surface area (Å²) in [6.07, 6.45) is 0.369. The molecule has 38 heavy (non-hydrogen) atoms. The molecule has 4 aromatic rings. The van der Waals surface area contributed by atoms with Gasteiger partial charge in [-0.25, -0.2) is 0 Å². The zero-order chi connectivity index (χ0) is 26.6. The van der Waals surface area contributed by atoms with Crippen LogP contribution in [-0.4, -0.2) is 41.8 Å². The molecule has 1 aliphatic heterocycles. The Morgan fingerprint density at radius 1 is 0.895 bits per heavy atom. The first kappa shape index (κ1) is 25.2. The van der Waals surface area contributed by atoms with Gasteiger partial charge in [0.25, 0.3) is 5.91 Å². The number of nitrogens with zero attached hydrogens (tertiary/aromatic N) is 2. The Morgan fingerprint density at radius 2 is 1.61 bits per heavy atom. The molecule has 0 saturated carbocycles. The summed E-state index contributed by atoms with van der Waals surface area (Å²) in [7, 11) is 0. The monoisotopic (exact) mass is 505 g/mol. The van der Waals surface area contributed by atoms with Gasteiger partial charge in [0.15, 0.2) is 0 Å². The largest absolute Gasteiger partial charge is 0.355 e. The van der Waals surface area contributed by atoms with E-state index in [2.05, 4.69) is 5.32 Å². The third-order valence-electron chi connectivity index (χ3n) is 7.00. The molecule has 6 nitrogen and oxygen atoms in total. The summed E-state index contributed by atoms with van der Waals surface area (Å²) in [5.74, 6) is -0.689. The Kier molecular flexibility index (Phi) is 7.22. The molecule has 0 bridgehead atoms. The summed E-state index contributed by atoms with van der Waals surface area (Å²) >= 11 is 0. The van der Waals surface area contributed by atoms with E-state index in [0.29, 0.717) is 18.5 Å². The van der Waals surface area contributed by atoms with E-state index in [-0.39, 0.29) is 30.8 Å². The minimum atomic E-state index is -0.735. The highest BCUT2D eigenvalue weighted by atomic mass is 16.2. The van der Waals surface area contributed by atoms with Crippen LogP contribution in [-0.2, 0) is 22.6 Å². The van der Waals surface area contributed by atoms with Gasteiger partial charge < -0.3 is 10.2 Å². The van der Waals surface area contributed by atoms with Crippen molar-refractivity contribution < 1.29 is 14.4 Å². The van der Waals surface area contributed by atoms with E-state index >= 15 is 0 Å². The van der Waals surface area contributed by atoms with Gasteiger partial charge in [-0.15, -0.1) is 0 Å². The number of aryl methyl sites for hydroxylation is 1. The maximum atomic E-state index is 14.1. The second-order valence-electron chi connectivity index (χ2n) is 9.68. The molecule has 1 atom stereocenters. The zero-order valence-electron chi connectivity index (χ0n) is 21.7. The van der Waals surface area contributed by atoms with E-state index in [1.54, 1.807) is 15.9 Å². The van der Waals surface area contributed by atoms with Crippen LogP contribution in [0.4, 0.5) is 5.69 Å². The average Bonchev–Trinajstić information content (AvgIpc) is 3.19. The number of likely N-dealkylation sites (N-methyl/N-ethyl adjacent to an activating group) is 1. The molecule has 4 aromatic carbocycles. The summed E-state index contributed by atoms with van der Waals surface area (Å²) in [6, 6.07) is 28.3. The van der Waals surface area contributed by atoms with Crippen LogP contribution in [0.5, 0.6) is 0 Å². The number of hydrogen-bond acceptors (Lipinski definition) is 3. The van der Waals surface area contributed by atoms with Crippen LogP contribution in [0, 0.1) is 6.92 Å². The first-order valence-electron chi connectivity index (χ1n) is 13.0. The predicted molar refractivity (Wildman–Crippen MR) is 150 cm³/mol. The standard InChI is InChI=1S/C32H31N3O3/c1-3-33-31(37)28(19-23-11-5-4-6-12-23)34(20-24-13-7-10-22(2)18-24)29(36)21-35-27-17-9-15-25-14-8-16-26(30(25)27)32(35)38/h4-18,28H,3,19-21H2,1-2H3,(H,33,37)/t28-/m0/s1. The Hall–Kier alpha value is -4.45. The zero-order valence-corrected chi connectivity index (χ0v) is 21.7. The second-order valence-corrected chi connectivity index (χ2v) is 9.68. The molecule has 0 radical (unpaired) electrons. The number of rotatable bonds is 9. The highest BCUT2D eigenvalue weighted by Crippen LogP contribution is 2.37. The van der Waals surface area contributed by atoms with Crippen molar-refractivity contribution in [3.8, 4) is 0 Å². The third kappa shape index (κ3) is 5.02. The molecular formula is C32H31N3O3. The van der Waals surface area contributed by atoms with Crippen molar-refractivity contribution in [2.75, 3.05) is 18.0 Å². The molecule has 0 fully saturated rings. The molecule has 0 unspecified atom stereocenters. The van der Waals surface area contributed by atoms with Crippen molar-refractivity contribution in [1.29, 1.82) is 0 Å². The number of amides is 3. The van der Waals surface area contributed by atoms with Crippen LogP contribution in [0.1, 0.15) is 34.0 Å². The number of benzene rings is 4. The number of carbonyl (C=O) groups is 3. The SMILES string of the molecule is CCNC(=O)[C@H](Cc1ccccc1)N(Cc1cccc(C)c1)C(=O)CN1C(=O)c2cccc3cccc1c23. The van der Waals surface area contributed by atoms with Gasteiger partial charge in [0.05, 0.1) is 5.69 Å². The highest BCUT2D eigenvalue weighted by Gasteiger charge is 2.35. The minimum absolute atomic E-state index is 0.150. The number of carbonyl (C=O) groups excluding carboxylic acids is 3. The molecule has 0 aliphatic carbocycles. The van der Waals surface area contributed by atoms with Crippen LogP contribution in [0.25, 0.3) is 10.8 Å². The summed E-state index contributed by atoms with van der Waals surface area (Å²) < 4.78 is 0. The Morgan fingerprint density at radius 3 is 2.34 bits per heavy atom. The maximum absolute atomic E-state index is 14.1. The van der Waals surface area contributed by atoms with Gasteiger partial charge in [0.2, 0.25) is 11.8 Å². The summed E-state index contributed by atoms with van der Waals surface area (Å²) in [6.45, 7) is 4.43. The lowest BCUT2D eigenvalue weighted by molar-refractivity contribution is -0.140. The van der Waals surface area contributed by atoms with Crippen LogP contribution in [0.3, 0.4) is 0 Å². The molecule has 1 aliphatic rings. The lowest BCUT2D eigenvalue weighted by atomic mass is 10.0. The Labute approximate surface area is 222 Å². The normalized spacial score (nSPS) is 13.0. The van der Waals surface area contributed by atoms with E-state index in [0.717, 1.165) is 33.2 Å². The number of nitrogens with one attached hydrogen (secondary N) is 1. The predicted octanol–water partition coefficient (Wildman–Crippen LogP) is 4.88. The van der Waals surface area contributed by atoms with Crippen molar-refractivity contribution in [3.05, 3.63) is 113 Å². The molecule has 0 aromatic heterocycles. The van der Waals surface area contributed by atoms with Gasteiger partial charge in [-0.2, -0.15) is 0 Å².